The fourth-order valence-electron chi connectivity index (χ4n) is 20.8. The zero-order valence-electron chi connectivity index (χ0n) is 60.6. The van der Waals surface area contributed by atoms with Gasteiger partial charge in [0.05, 0.1) is 17.3 Å². The SMILES string of the molecule is C=C(C)C(=O)OC1(C(C)C)C2CC3CC(C2)CC1C3.C=C(C)C(=O)OC1(C)CCCC1.C=C(C)C(=O)OC1(CC)C2CC3CC(C2)CC1C3.C=C(C)C(=O)OC12CC3CC(CC(O)(C3)C1)C2.C=C(C)C(=O)OC1COC(=O)C1.C=C(C)C(=O)OCC(=O)OC1C2CC3C1OS(=O)(=O)C3C2. The summed E-state index contributed by atoms with van der Waals surface area (Å²) in [7, 11) is -3.53. The molecule has 17 fully saturated rings. The maximum Gasteiger partial charge on any atom is 0.344 e. The number of carbonyl (C=O) groups excluding carboxylic acids is 8. The monoisotopic (exact) mass is 1400 g/mol. The van der Waals surface area contributed by atoms with Crippen molar-refractivity contribution >= 4 is 57.9 Å². The van der Waals surface area contributed by atoms with Crippen LogP contribution in [0.15, 0.2) is 72.9 Å². The van der Waals surface area contributed by atoms with E-state index in [0.717, 1.165) is 68.6 Å². The minimum absolute atomic E-state index is 0.00284. The van der Waals surface area contributed by atoms with Gasteiger partial charge in [-0.05, 0) is 255 Å². The predicted octanol–water partition coefficient (Wildman–Crippen LogP) is 12.9. The molecule has 2 aliphatic heterocycles. The first kappa shape index (κ1) is 77.2. The molecule has 0 amide bonds. The van der Waals surface area contributed by atoms with Crippen LogP contribution < -0.4 is 0 Å². The maximum absolute atomic E-state index is 12.1. The third-order valence-corrected chi connectivity index (χ3v) is 26.2. The molecule has 8 unspecified atom stereocenters. The van der Waals surface area contributed by atoms with E-state index in [0.29, 0.717) is 88.6 Å². The van der Waals surface area contributed by atoms with Crippen LogP contribution in [0, 0.1) is 76.9 Å². The van der Waals surface area contributed by atoms with Gasteiger partial charge in [0.25, 0.3) is 10.1 Å². The van der Waals surface area contributed by atoms with Crippen LogP contribution in [0.2, 0.25) is 0 Å². The van der Waals surface area contributed by atoms with E-state index in [-0.39, 0.29) is 77.1 Å². The first-order valence-corrected chi connectivity index (χ1v) is 38.0. The zero-order chi connectivity index (χ0) is 72.6. The summed E-state index contributed by atoms with van der Waals surface area (Å²) in [5.41, 5.74) is 0.989. The maximum atomic E-state index is 12.1. The van der Waals surface area contributed by atoms with Gasteiger partial charge in [-0.3, -0.25) is 8.98 Å². The first-order valence-electron chi connectivity index (χ1n) is 36.5. The number of hydrogen-bond donors (Lipinski definition) is 1. The topological polar surface area (TPSA) is 274 Å². The molecule has 0 aromatic carbocycles. The summed E-state index contributed by atoms with van der Waals surface area (Å²) < 4.78 is 71.1. The number of cyclic esters (lactones) is 1. The third-order valence-electron chi connectivity index (χ3n) is 24.4. The number of carbonyl (C=O) groups is 8. The molecular weight excluding hydrogens is 1290 g/mol. The van der Waals surface area contributed by atoms with Gasteiger partial charge in [-0.1, -0.05) is 60.2 Å². The average Bonchev–Trinajstić information content (AvgIpc) is 1.68. The second-order valence-electron chi connectivity index (χ2n) is 33.1. The molecule has 1 N–H and O–H groups in total. The van der Waals surface area contributed by atoms with E-state index in [1.54, 1.807) is 34.6 Å². The van der Waals surface area contributed by atoms with Gasteiger partial charge in [0.1, 0.15) is 47.3 Å². The molecule has 17 rings (SSSR count). The lowest BCUT2D eigenvalue weighted by Crippen LogP contribution is -2.62. The highest BCUT2D eigenvalue weighted by molar-refractivity contribution is 7.87. The van der Waals surface area contributed by atoms with Crippen molar-refractivity contribution in [2.75, 3.05) is 13.2 Å². The Morgan fingerprint density at radius 1 is 0.566 bits per heavy atom. The number of esters is 8. The van der Waals surface area contributed by atoms with E-state index in [4.69, 9.17) is 37.3 Å². The van der Waals surface area contributed by atoms with Crippen molar-refractivity contribution in [3.63, 3.8) is 0 Å². The highest BCUT2D eigenvalue weighted by atomic mass is 32.2. The molecule has 0 aromatic rings. The summed E-state index contributed by atoms with van der Waals surface area (Å²) in [6, 6.07) is 0. The fraction of sp³-hybridized carbons (Fsp3) is 0.744. The van der Waals surface area contributed by atoms with Crippen LogP contribution in [0.4, 0.5) is 0 Å². The minimum Gasteiger partial charge on any atom is -0.462 e. The zero-order valence-corrected chi connectivity index (χ0v) is 61.4. The van der Waals surface area contributed by atoms with Gasteiger partial charge < -0.3 is 43.0 Å². The lowest BCUT2D eigenvalue weighted by molar-refractivity contribution is -0.221. The summed E-state index contributed by atoms with van der Waals surface area (Å²) in [5.74, 6) is 4.37. The van der Waals surface area contributed by atoms with Crippen molar-refractivity contribution < 1.29 is 94.0 Å². The molecule has 8 atom stereocenters. The number of rotatable bonds is 16. The lowest BCUT2D eigenvalue weighted by Gasteiger charge is -2.61. The van der Waals surface area contributed by atoms with E-state index >= 15 is 0 Å². The van der Waals surface area contributed by atoms with Crippen molar-refractivity contribution in [2.24, 2.45) is 76.9 Å². The summed E-state index contributed by atoms with van der Waals surface area (Å²) in [5, 5.41) is 10.1. The first-order chi connectivity index (χ1) is 46.3. The van der Waals surface area contributed by atoms with Crippen molar-refractivity contribution in [3.8, 4) is 0 Å². The van der Waals surface area contributed by atoms with Crippen molar-refractivity contribution in [2.45, 2.75) is 275 Å². The average molecular weight is 1400 g/mol. The van der Waals surface area contributed by atoms with Gasteiger partial charge in [0, 0.05) is 51.7 Å². The molecule has 0 spiro atoms. The summed E-state index contributed by atoms with van der Waals surface area (Å²) in [4.78, 5) is 91.4. The molecule has 15 saturated carbocycles. The molecular formula is C78H112O20S. The molecule has 0 radical (unpaired) electrons. The predicted molar refractivity (Wildman–Crippen MR) is 367 cm³/mol. The molecule has 17 aliphatic rings. The van der Waals surface area contributed by atoms with Gasteiger partial charge in [0.15, 0.2) is 6.61 Å². The Labute approximate surface area is 587 Å². The fourth-order valence-corrected chi connectivity index (χ4v) is 22.7. The van der Waals surface area contributed by atoms with E-state index in [9.17, 15) is 51.9 Å². The van der Waals surface area contributed by atoms with E-state index < -0.39 is 69.4 Å². The van der Waals surface area contributed by atoms with Crippen molar-refractivity contribution in [1.82, 2.24) is 0 Å². The van der Waals surface area contributed by atoms with Crippen LogP contribution in [-0.2, 0) is 90.6 Å². The molecule has 550 valence electrons. The van der Waals surface area contributed by atoms with E-state index in [1.165, 1.54) is 90.4 Å². The minimum atomic E-state index is -3.53. The highest BCUT2D eigenvalue weighted by Crippen LogP contribution is 2.64. The number of ether oxygens (including phenoxy) is 8. The van der Waals surface area contributed by atoms with Gasteiger partial charge >= 0.3 is 47.8 Å². The highest BCUT2D eigenvalue weighted by Gasteiger charge is 2.66. The van der Waals surface area contributed by atoms with E-state index in [1.807, 2.05) is 6.92 Å². The quantitative estimate of drug-likeness (QED) is 0.0650. The lowest BCUT2D eigenvalue weighted by atomic mass is 9.47. The number of fused-ring (bicyclic) bond motifs is 1. The standard InChI is InChI=1S/C17H26O2.C16H24O2.C14H20O3.C13H16O7S.C10H16O2.C8H10O4/c1-10(2)16(18)19-17(11(3)4)14-6-12-5-13(8-14)9-15(17)7-12;1-4-16(18-15(17)10(2)3)13-6-11-5-12(8-13)9-14(16)7-11;1-9(2)12(15)17-14-6-10-3-11(7-14)5-13(16,4-10)8-14;1-6(2)13(15)18-5-10(14)19-11-7-3-8-9(4-7)21(16,17)20-12(8)11;1-8(2)9(11)12-10(3)6-4-5-7-10;1-5(2)8(10)12-6-3-7(9)11-4-6/h11-15H,1,5-9H2,2-4H3;11-14H,2,4-9H2,1,3H3;10-11,16H,1,3-8H2,2H3;7-9,11-12H,1,3-5H2,2H3;1,4-7H2,2-3H3;6H,1,3-4H2,2H3. The largest absolute Gasteiger partial charge is 0.462 e. The molecule has 99 heavy (non-hydrogen) atoms. The van der Waals surface area contributed by atoms with Crippen LogP contribution >= 0.6 is 0 Å². The second kappa shape index (κ2) is 30.6. The van der Waals surface area contributed by atoms with Crippen LogP contribution in [0.3, 0.4) is 0 Å². The van der Waals surface area contributed by atoms with Gasteiger partial charge in [-0.2, -0.15) is 8.42 Å². The molecule has 15 aliphatic carbocycles. The Morgan fingerprint density at radius 3 is 1.46 bits per heavy atom. The Kier molecular flexibility index (Phi) is 23.8. The molecule has 14 bridgehead atoms. The second-order valence-corrected chi connectivity index (χ2v) is 34.9. The van der Waals surface area contributed by atoms with Crippen LogP contribution in [0.5, 0.6) is 0 Å². The molecule has 2 saturated heterocycles. The van der Waals surface area contributed by atoms with Crippen LogP contribution in [0.25, 0.3) is 0 Å². The van der Waals surface area contributed by atoms with Gasteiger partial charge in [-0.25, -0.2) is 33.6 Å². The Morgan fingerprint density at radius 2 is 1.02 bits per heavy atom. The Balaban J connectivity index is 0.000000140. The van der Waals surface area contributed by atoms with Crippen molar-refractivity contribution in [3.05, 3.63) is 72.9 Å². The summed E-state index contributed by atoms with van der Waals surface area (Å²) >= 11 is 0. The molecule has 20 nitrogen and oxygen atoms in total. The molecule has 21 heteroatoms. The normalized spacial score (nSPS) is 37.8. The number of aliphatic hydroxyl groups is 1. The number of hydrogen-bond acceptors (Lipinski definition) is 20. The Hall–Kier alpha value is -5.93. The van der Waals surface area contributed by atoms with Gasteiger partial charge in [-0.15, -0.1) is 0 Å². The van der Waals surface area contributed by atoms with Gasteiger partial charge in [0.2, 0.25) is 0 Å². The molecule has 2 heterocycles. The van der Waals surface area contributed by atoms with E-state index in [2.05, 4.69) is 65.0 Å². The van der Waals surface area contributed by atoms with Crippen molar-refractivity contribution in [1.29, 1.82) is 0 Å². The Bertz CT molecular complexity index is 3240. The molecule has 0 aromatic heterocycles. The van der Waals surface area contributed by atoms with Crippen LogP contribution in [0.1, 0.15) is 223 Å². The summed E-state index contributed by atoms with van der Waals surface area (Å²) in [6.45, 7) is 39.7. The smallest absolute Gasteiger partial charge is 0.344 e. The summed E-state index contributed by atoms with van der Waals surface area (Å²) in [6.07, 6.45) is 23.6. The van der Waals surface area contributed by atoms with Crippen LogP contribution in [-0.4, -0.2) is 126 Å². The third kappa shape index (κ3) is 17.4.